The molecular weight excluding hydrogens is 340 g/mol. The molecule has 0 saturated carbocycles. The van der Waals surface area contributed by atoms with Crippen molar-refractivity contribution >= 4 is 17.5 Å². The lowest BCUT2D eigenvalue weighted by Crippen LogP contribution is -2.42. The SMILES string of the molecule is COc1ccc2c(c1)[C@@]1(CCN(C(=O)Cc3ccc(C)cc3)C1)C(=O)N2C. The number of ether oxygens (including phenoxy) is 1. The number of likely N-dealkylation sites (tertiary alicyclic amines) is 1. The Labute approximate surface area is 159 Å². The lowest BCUT2D eigenvalue weighted by atomic mass is 9.81. The Kier molecular flexibility index (Phi) is 4.17. The molecule has 2 aliphatic heterocycles. The third kappa shape index (κ3) is 2.78. The van der Waals surface area contributed by atoms with Crippen LogP contribution >= 0.6 is 0 Å². The highest BCUT2D eigenvalue weighted by Crippen LogP contribution is 2.48. The number of carbonyl (C=O) groups is 2. The molecule has 1 spiro atoms. The molecule has 2 aromatic carbocycles. The summed E-state index contributed by atoms with van der Waals surface area (Å²) in [7, 11) is 3.43. The van der Waals surface area contributed by atoms with Gasteiger partial charge in [-0.15, -0.1) is 0 Å². The maximum atomic E-state index is 13.1. The molecule has 2 heterocycles. The Hall–Kier alpha value is -2.82. The lowest BCUT2D eigenvalue weighted by molar-refractivity contribution is -0.130. The second-order valence-electron chi connectivity index (χ2n) is 7.56. The monoisotopic (exact) mass is 364 g/mol. The molecule has 1 atom stereocenters. The van der Waals surface area contributed by atoms with Gasteiger partial charge in [0.1, 0.15) is 5.75 Å². The van der Waals surface area contributed by atoms with Crippen molar-refractivity contribution in [2.45, 2.75) is 25.2 Å². The van der Waals surface area contributed by atoms with E-state index in [-0.39, 0.29) is 11.8 Å². The van der Waals surface area contributed by atoms with Crippen molar-refractivity contribution in [2.24, 2.45) is 0 Å². The van der Waals surface area contributed by atoms with Crippen LogP contribution in [0.15, 0.2) is 42.5 Å². The Morgan fingerprint density at radius 2 is 1.93 bits per heavy atom. The maximum Gasteiger partial charge on any atom is 0.239 e. The first kappa shape index (κ1) is 17.6. The van der Waals surface area contributed by atoms with E-state index in [9.17, 15) is 9.59 Å². The minimum atomic E-state index is -0.651. The number of methoxy groups -OCH3 is 1. The summed E-state index contributed by atoms with van der Waals surface area (Å²) in [4.78, 5) is 29.5. The molecule has 0 bridgehead atoms. The summed E-state index contributed by atoms with van der Waals surface area (Å²) >= 11 is 0. The van der Waals surface area contributed by atoms with E-state index >= 15 is 0 Å². The maximum absolute atomic E-state index is 13.1. The van der Waals surface area contributed by atoms with Crippen molar-refractivity contribution in [3.8, 4) is 5.75 Å². The first-order valence-electron chi connectivity index (χ1n) is 9.24. The standard InChI is InChI=1S/C22H24N2O3/c1-15-4-6-16(7-5-15)12-20(25)24-11-10-22(14-24)18-13-17(27-3)8-9-19(18)23(2)21(22)26/h4-9,13H,10-12,14H2,1-3H3/t22-/m0/s1. The van der Waals surface area contributed by atoms with Gasteiger partial charge in [0.2, 0.25) is 11.8 Å². The first-order chi connectivity index (χ1) is 12.9. The average molecular weight is 364 g/mol. The molecule has 27 heavy (non-hydrogen) atoms. The third-order valence-corrected chi connectivity index (χ3v) is 5.89. The topological polar surface area (TPSA) is 49.9 Å². The fraction of sp³-hybridized carbons (Fsp3) is 0.364. The van der Waals surface area contributed by atoms with Gasteiger partial charge in [-0.25, -0.2) is 0 Å². The zero-order valence-electron chi connectivity index (χ0n) is 16.0. The quantitative estimate of drug-likeness (QED) is 0.841. The van der Waals surface area contributed by atoms with E-state index in [0.29, 0.717) is 25.9 Å². The predicted octanol–water partition coefficient (Wildman–Crippen LogP) is 2.69. The van der Waals surface area contributed by atoms with Crippen LogP contribution in [0.1, 0.15) is 23.1 Å². The van der Waals surface area contributed by atoms with Gasteiger partial charge in [0.05, 0.1) is 18.9 Å². The van der Waals surface area contributed by atoms with Gasteiger partial charge >= 0.3 is 0 Å². The van der Waals surface area contributed by atoms with Crippen LogP contribution in [0.4, 0.5) is 5.69 Å². The lowest BCUT2D eigenvalue weighted by Gasteiger charge is -2.23. The van der Waals surface area contributed by atoms with E-state index in [0.717, 1.165) is 22.6 Å². The second kappa shape index (κ2) is 6.41. The molecule has 5 nitrogen and oxygen atoms in total. The first-order valence-corrected chi connectivity index (χ1v) is 9.24. The predicted molar refractivity (Wildman–Crippen MR) is 104 cm³/mol. The molecule has 2 aliphatic rings. The van der Waals surface area contributed by atoms with Crippen molar-refractivity contribution in [3.63, 3.8) is 0 Å². The number of likely N-dealkylation sites (N-methyl/N-ethyl adjacent to an activating group) is 1. The van der Waals surface area contributed by atoms with Gasteiger partial charge in [-0.2, -0.15) is 0 Å². The molecule has 2 aromatic rings. The van der Waals surface area contributed by atoms with Crippen molar-refractivity contribution < 1.29 is 14.3 Å². The number of rotatable bonds is 3. The number of nitrogens with zero attached hydrogens (tertiary/aromatic N) is 2. The fourth-order valence-electron chi connectivity index (χ4n) is 4.27. The molecule has 0 N–H and O–H groups in total. The van der Waals surface area contributed by atoms with E-state index in [1.807, 2.05) is 54.3 Å². The number of carbonyl (C=O) groups excluding carboxylic acids is 2. The van der Waals surface area contributed by atoms with Crippen LogP contribution in [0.3, 0.4) is 0 Å². The van der Waals surface area contributed by atoms with Crippen LogP contribution in [-0.4, -0.2) is 44.0 Å². The highest BCUT2D eigenvalue weighted by atomic mass is 16.5. The zero-order valence-corrected chi connectivity index (χ0v) is 16.0. The number of benzene rings is 2. The third-order valence-electron chi connectivity index (χ3n) is 5.89. The number of amides is 2. The van der Waals surface area contributed by atoms with Gasteiger partial charge in [0.15, 0.2) is 0 Å². The number of fused-ring (bicyclic) bond motifs is 2. The van der Waals surface area contributed by atoms with Gasteiger partial charge in [0.25, 0.3) is 0 Å². The van der Waals surface area contributed by atoms with Crippen molar-refractivity contribution in [3.05, 3.63) is 59.2 Å². The van der Waals surface area contributed by atoms with Crippen LogP contribution in [0.5, 0.6) is 5.75 Å². The Bertz CT molecular complexity index is 906. The fourth-order valence-corrected chi connectivity index (χ4v) is 4.27. The second-order valence-corrected chi connectivity index (χ2v) is 7.56. The molecule has 4 rings (SSSR count). The van der Waals surface area contributed by atoms with E-state index < -0.39 is 5.41 Å². The molecule has 1 fully saturated rings. The molecular formula is C22H24N2O3. The van der Waals surface area contributed by atoms with Gasteiger partial charge in [0, 0.05) is 25.8 Å². The van der Waals surface area contributed by atoms with Crippen LogP contribution in [0, 0.1) is 6.92 Å². The van der Waals surface area contributed by atoms with Gasteiger partial charge < -0.3 is 14.5 Å². The van der Waals surface area contributed by atoms with Crippen LogP contribution < -0.4 is 9.64 Å². The minimum absolute atomic E-state index is 0.0661. The number of hydrogen-bond acceptors (Lipinski definition) is 3. The molecule has 0 unspecified atom stereocenters. The van der Waals surface area contributed by atoms with Crippen LogP contribution in [0.25, 0.3) is 0 Å². The summed E-state index contributed by atoms with van der Waals surface area (Å²) in [5.74, 6) is 0.875. The Morgan fingerprint density at radius 1 is 1.19 bits per heavy atom. The molecule has 5 heteroatoms. The van der Waals surface area contributed by atoms with Crippen molar-refractivity contribution in [1.29, 1.82) is 0 Å². The molecule has 140 valence electrons. The normalized spacial score (nSPS) is 21.1. The van der Waals surface area contributed by atoms with E-state index in [4.69, 9.17) is 4.74 Å². The average Bonchev–Trinajstić information content (AvgIpc) is 3.21. The van der Waals surface area contributed by atoms with Crippen molar-refractivity contribution in [1.82, 2.24) is 4.90 Å². The van der Waals surface area contributed by atoms with Gasteiger partial charge in [-0.3, -0.25) is 9.59 Å². The highest BCUT2D eigenvalue weighted by molar-refractivity contribution is 6.08. The van der Waals surface area contributed by atoms with Crippen LogP contribution in [0.2, 0.25) is 0 Å². The molecule has 0 aliphatic carbocycles. The minimum Gasteiger partial charge on any atom is -0.497 e. The Balaban J connectivity index is 1.59. The summed E-state index contributed by atoms with van der Waals surface area (Å²) in [6.07, 6.45) is 1.02. The molecule has 2 amide bonds. The van der Waals surface area contributed by atoms with E-state index in [1.54, 1.807) is 19.1 Å². The largest absolute Gasteiger partial charge is 0.497 e. The number of aryl methyl sites for hydroxylation is 1. The number of anilines is 1. The highest BCUT2D eigenvalue weighted by Gasteiger charge is 2.54. The summed E-state index contributed by atoms with van der Waals surface area (Å²) in [6, 6.07) is 13.8. The summed E-state index contributed by atoms with van der Waals surface area (Å²) < 4.78 is 5.37. The number of hydrogen-bond donors (Lipinski definition) is 0. The molecule has 1 saturated heterocycles. The van der Waals surface area contributed by atoms with Crippen molar-refractivity contribution in [2.75, 3.05) is 32.1 Å². The molecule has 0 aromatic heterocycles. The van der Waals surface area contributed by atoms with Gasteiger partial charge in [-0.05, 0) is 42.7 Å². The zero-order chi connectivity index (χ0) is 19.2. The van der Waals surface area contributed by atoms with E-state index in [2.05, 4.69) is 0 Å². The summed E-state index contributed by atoms with van der Waals surface area (Å²) in [5, 5.41) is 0. The smallest absolute Gasteiger partial charge is 0.239 e. The van der Waals surface area contributed by atoms with E-state index in [1.165, 1.54) is 5.56 Å². The summed E-state index contributed by atoms with van der Waals surface area (Å²) in [5.41, 5.74) is 3.41. The van der Waals surface area contributed by atoms with Gasteiger partial charge in [-0.1, -0.05) is 29.8 Å². The Morgan fingerprint density at radius 3 is 2.63 bits per heavy atom. The summed E-state index contributed by atoms with van der Waals surface area (Å²) in [6.45, 7) is 3.06. The van der Waals surface area contributed by atoms with Crippen LogP contribution in [-0.2, 0) is 21.4 Å². The molecule has 0 radical (unpaired) electrons.